The lowest BCUT2D eigenvalue weighted by Crippen LogP contribution is -2.49. The lowest BCUT2D eigenvalue weighted by molar-refractivity contribution is 0.0593. The van der Waals surface area contributed by atoms with E-state index in [4.69, 9.17) is 4.74 Å². The maximum Gasteiger partial charge on any atom is 0.357 e. The van der Waals surface area contributed by atoms with Gasteiger partial charge in [0, 0.05) is 32.2 Å². The Bertz CT molecular complexity index is 485. The van der Waals surface area contributed by atoms with Gasteiger partial charge in [-0.2, -0.15) is 0 Å². The van der Waals surface area contributed by atoms with E-state index in [-0.39, 0.29) is 0 Å². The van der Waals surface area contributed by atoms with Crippen LogP contribution >= 0.6 is 15.9 Å². The van der Waals surface area contributed by atoms with E-state index < -0.39 is 5.97 Å². The molecule has 0 bridgehead atoms. The molecule has 1 aromatic heterocycles. The van der Waals surface area contributed by atoms with E-state index in [1.165, 1.54) is 7.11 Å². The molecule has 1 saturated heterocycles. The molecule has 20 heavy (non-hydrogen) atoms. The molecule has 1 fully saturated rings. The first-order valence-corrected chi connectivity index (χ1v) is 7.56. The predicted molar refractivity (Wildman–Crippen MR) is 82.2 cm³/mol. The molecule has 0 saturated carbocycles. The number of esters is 1. The van der Waals surface area contributed by atoms with E-state index in [2.05, 4.69) is 44.6 Å². The number of halogens is 1. The van der Waals surface area contributed by atoms with Crippen LogP contribution in [0, 0.1) is 0 Å². The van der Waals surface area contributed by atoms with Gasteiger partial charge in [-0.3, -0.25) is 4.90 Å². The fourth-order valence-electron chi connectivity index (χ4n) is 2.32. The normalized spacial score (nSPS) is 16.6. The summed E-state index contributed by atoms with van der Waals surface area (Å²) in [5.74, 6) is 0.413. The summed E-state index contributed by atoms with van der Waals surface area (Å²) in [5, 5.41) is 0. The predicted octanol–water partition coefficient (Wildman–Crippen LogP) is 2.16. The first-order valence-electron chi connectivity index (χ1n) is 6.76. The van der Waals surface area contributed by atoms with E-state index in [9.17, 15) is 4.79 Å². The van der Waals surface area contributed by atoms with Gasteiger partial charge in [0.15, 0.2) is 5.69 Å². The van der Waals surface area contributed by atoms with Crippen molar-refractivity contribution in [1.82, 2.24) is 9.88 Å². The zero-order chi connectivity index (χ0) is 14.7. The standard InChI is InChI=1S/C14H20BrN3O2/c1-10(2)17-6-8-18(9-7-17)12-5-4-11(15)13(16-12)14(19)20-3/h4-5,10H,6-9H2,1-3H3. The minimum absolute atomic E-state index is 0.330. The van der Waals surface area contributed by atoms with Gasteiger partial charge in [-0.15, -0.1) is 0 Å². The van der Waals surface area contributed by atoms with Crippen LogP contribution in [0.25, 0.3) is 0 Å². The van der Waals surface area contributed by atoms with Crippen molar-refractivity contribution in [2.24, 2.45) is 0 Å². The maximum absolute atomic E-state index is 11.7. The summed E-state index contributed by atoms with van der Waals surface area (Å²) in [5.41, 5.74) is 0.330. The summed E-state index contributed by atoms with van der Waals surface area (Å²) in [4.78, 5) is 20.7. The molecule has 1 aliphatic heterocycles. The summed E-state index contributed by atoms with van der Waals surface area (Å²) in [6.07, 6.45) is 0. The Labute approximate surface area is 128 Å². The minimum atomic E-state index is -0.417. The fraction of sp³-hybridized carbons (Fsp3) is 0.571. The van der Waals surface area contributed by atoms with Crippen LogP contribution in [-0.2, 0) is 4.74 Å². The van der Waals surface area contributed by atoms with Gasteiger partial charge in [0.1, 0.15) is 5.82 Å². The second-order valence-electron chi connectivity index (χ2n) is 5.11. The molecule has 0 aliphatic carbocycles. The Hall–Kier alpha value is -1.14. The van der Waals surface area contributed by atoms with Gasteiger partial charge in [0.25, 0.3) is 0 Å². The third-order valence-electron chi connectivity index (χ3n) is 3.58. The molecule has 0 unspecified atom stereocenters. The van der Waals surface area contributed by atoms with E-state index in [0.29, 0.717) is 16.2 Å². The third kappa shape index (κ3) is 3.30. The molecule has 0 radical (unpaired) electrons. The Morgan fingerprint density at radius 3 is 2.50 bits per heavy atom. The maximum atomic E-state index is 11.7. The van der Waals surface area contributed by atoms with Crippen molar-refractivity contribution in [3.63, 3.8) is 0 Å². The van der Waals surface area contributed by atoms with Gasteiger partial charge >= 0.3 is 5.97 Å². The topological polar surface area (TPSA) is 45.7 Å². The highest BCUT2D eigenvalue weighted by Crippen LogP contribution is 2.21. The second kappa shape index (κ2) is 6.54. The van der Waals surface area contributed by atoms with Crippen molar-refractivity contribution in [3.05, 3.63) is 22.3 Å². The molecular formula is C14H20BrN3O2. The smallest absolute Gasteiger partial charge is 0.357 e. The van der Waals surface area contributed by atoms with E-state index in [0.717, 1.165) is 32.0 Å². The van der Waals surface area contributed by atoms with Crippen molar-refractivity contribution < 1.29 is 9.53 Å². The molecule has 6 heteroatoms. The first kappa shape index (κ1) is 15.3. The highest BCUT2D eigenvalue weighted by molar-refractivity contribution is 9.10. The van der Waals surface area contributed by atoms with Gasteiger partial charge in [-0.05, 0) is 41.9 Å². The highest BCUT2D eigenvalue weighted by Gasteiger charge is 2.21. The van der Waals surface area contributed by atoms with Crippen molar-refractivity contribution >= 4 is 27.7 Å². The van der Waals surface area contributed by atoms with Gasteiger partial charge in [-0.25, -0.2) is 9.78 Å². The molecule has 0 spiro atoms. The Morgan fingerprint density at radius 1 is 1.30 bits per heavy atom. The van der Waals surface area contributed by atoms with Gasteiger partial charge in [0.2, 0.25) is 0 Å². The molecule has 5 nitrogen and oxygen atoms in total. The Balaban J connectivity index is 2.12. The SMILES string of the molecule is COC(=O)c1nc(N2CCN(C(C)C)CC2)ccc1Br. The summed E-state index contributed by atoms with van der Waals surface area (Å²) < 4.78 is 5.41. The Kier molecular flexibility index (Phi) is 4.99. The second-order valence-corrected chi connectivity index (χ2v) is 5.96. The molecule has 1 aromatic rings. The van der Waals surface area contributed by atoms with E-state index >= 15 is 0 Å². The average Bonchev–Trinajstić information content (AvgIpc) is 2.47. The number of nitrogens with zero attached hydrogens (tertiary/aromatic N) is 3. The number of methoxy groups -OCH3 is 1. The number of ether oxygens (including phenoxy) is 1. The van der Waals surface area contributed by atoms with Crippen LogP contribution in [0.2, 0.25) is 0 Å². The molecule has 0 amide bonds. The molecule has 110 valence electrons. The quantitative estimate of drug-likeness (QED) is 0.788. The Morgan fingerprint density at radius 2 is 1.95 bits per heavy atom. The van der Waals surface area contributed by atoms with Gasteiger partial charge < -0.3 is 9.64 Å². The number of rotatable bonds is 3. The van der Waals surface area contributed by atoms with Gasteiger partial charge in [-0.1, -0.05) is 0 Å². The van der Waals surface area contributed by atoms with Crippen LogP contribution in [0.4, 0.5) is 5.82 Å². The van der Waals surface area contributed by atoms with Crippen LogP contribution in [0.1, 0.15) is 24.3 Å². The van der Waals surface area contributed by atoms with E-state index in [1.54, 1.807) is 0 Å². The molecule has 2 heterocycles. The number of aromatic nitrogens is 1. The van der Waals surface area contributed by atoms with Crippen LogP contribution in [0.3, 0.4) is 0 Å². The van der Waals surface area contributed by atoms with Gasteiger partial charge in [0.05, 0.1) is 11.6 Å². The molecule has 0 N–H and O–H groups in total. The first-order chi connectivity index (χ1) is 9.52. The number of piperazine rings is 1. The number of carbonyl (C=O) groups is 1. The lowest BCUT2D eigenvalue weighted by atomic mass is 10.2. The number of anilines is 1. The van der Waals surface area contributed by atoms with E-state index in [1.807, 2.05) is 12.1 Å². The number of pyridine rings is 1. The van der Waals surface area contributed by atoms with Crippen molar-refractivity contribution in [2.75, 3.05) is 38.2 Å². The average molecular weight is 342 g/mol. The molecule has 1 aliphatic rings. The van der Waals surface area contributed by atoms with Crippen LogP contribution in [-0.4, -0.2) is 55.2 Å². The molecular weight excluding hydrogens is 322 g/mol. The summed E-state index contributed by atoms with van der Waals surface area (Å²) in [7, 11) is 1.37. The number of hydrogen-bond acceptors (Lipinski definition) is 5. The zero-order valence-corrected chi connectivity index (χ0v) is 13.7. The monoisotopic (exact) mass is 341 g/mol. The third-order valence-corrected chi connectivity index (χ3v) is 4.22. The number of hydrogen-bond donors (Lipinski definition) is 0. The summed E-state index contributed by atoms with van der Waals surface area (Å²) in [6, 6.07) is 4.35. The zero-order valence-electron chi connectivity index (χ0n) is 12.1. The van der Waals surface area contributed by atoms with Crippen LogP contribution in [0.5, 0.6) is 0 Å². The lowest BCUT2D eigenvalue weighted by Gasteiger charge is -2.37. The van der Waals surface area contributed by atoms with Crippen molar-refractivity contribution in [1.29, 1.82) is 0 Å². The summed E-state index contributed by atoms with van der Waals surface area (Å²) in [6.45, 7) is 8.30. The highest BCUT2D eigenvalue weighted by atomic mass is 79.9. The number of carbonyl (C=O) groups excluding carboxylic acids is 1. The van der Waals surface area contributed by atoms with Crippen LogP contribution in [0.15, 0.2) is 16.6 Å². The van der Waals surface area contributed by atoms with Crippen molar-refractivity contribution in [3.8, 4) is 0 Å². The largest absolute Gasteiger partial charge is 0.464 e. The van der Waals surface area contributed by atoms with Crippen molar-refractivity contribution in [2.45, 2.75) is 19.9 Å². The molecule has 0 aromatic carbocycles. The fourth-order valence-corrected chi connectivity index (χ4v) is 2.70. The summed E-state index contributed by atoms with van der Waals surface area (Å²) >= 11 is 3.33. The molecule has 0 atom stereocenters. The minimum Gasteiger partial charge on any atom is -0.464 e. The van der Waals surface area contributed by atoms with Crippen LogP contribution < -0.4 is 4.90 Å². The molecule has 2 rings (SSSR count).